The Labute approximate surface area is 227 Å². The number of aromatic amines is 1. The smallest absolute Gasteiger partial charge is 0.324 e. The molecule has 6 rings (SSSR count). The van der Waals surface area contributed by atoms with Crippen molar-refractivity contribution in [1.82, 2.24) is 30.1 Å². The summed E-state index contributed by atoms with van der Waals surface area (Å²) in [6, 6.07) is 14.2. The van der Waals surface area contributed by atoms with E-state index in [0.717, 1.165) is 16.6 Å². The number of nitrogens with one attached hydrogen (secondary N) is 3. The van der Waals surface area contributed by atoms with Crippen molar-refractivity contribution in [2.75, 3.05) is 10.6 Å². The third-order valence-electron chi connectivity index (χ3n) is 6.09. The third kappa shape index (κ3) is 5.10. The van der Waals surface area contributed by atoms with Gasteiger partial charge < -0.3 is 14.6 Å². The summed E-state index contributed by atoms with van der Waals surface area (Å²) in [6.07, 6.45) is 6.55. The molecule has 0 saturated heterocycles. The number of pyridine rings is 1. The largest absolute Gasteiger partial charge is 0.457 e. The zero-order chi connectivity index (χ0) is 27.6. The van der Waals surface area contributed by atoms with Crippen LogP contribution in [0.4, 0.5) is 20.7 Å². The number of fused-ring (bicyclic) bond motifs is 1. The third-order valence-corrected chi connectivity index (χ3v) is 6.09. The fourth-order valence-electron chi connectivity index (χ4n) is 4.05. The Morgan fingerprint density at radius 1 is 1.05 bits per heavy atom. The van der Waals surface area contributed by atoms with Gasteiger partial charge >= 0.3 is 6.03 Å². The van der Waals surface area contributed by atoms with Gasteiger partial charge in [0.25, 0.3) is 0 Å². The summed E-state index contributed by atoms with van der Waals surface area (Å²) >= 11 is 0. The second-order valence-corrected chi connectivity index (χ2v) is 9.26. The molecular weight excluding hydrogens is 515 g/mol. The van der Waals surface area contributed by atoms with Crippen LogP contribution in [-0.4, -0.2) is 36.1 Å². The lowest BCUT2D eigenvalue weighted by Crippen LogP contribution is -2.22. The van der Waals surface area contributed by atoms with Crippen molar-refractivity contribution in [3.8, 4) is 28.4 Å². The number of urea groups is 1. The molecule has 11 nitrogen and oxygen atoms in total. The molecule has 12 heteroatoms. The first-order valence-corrected chi connectivity index (χ1v) is 12.4. The highest BCUT2D eigenvalue weighted by Gasteiger charge is 2.17. The van der Waals surface area contributed by atoms with Gasteiger partial charge in [0.15, 0.2) is 5.58 Å². The van der Waals surface area contributed by atoms with Crippen LogP contribution in [0.2, 0.25) is 0 Å². The van der Waals surface area contributed by atoms with Crippen LogP contribution in [0.3, 0.4) is 0 Å². The van der Waals surface area contributed by atoms with Crippen molar-refractivity contribution in [3.05, 3.63) is 90.9 Å². The number of rotatable bonds is 7. The molecule has 0 aliphatic carbocycles. The Morgan fingerprint density at radius 2 is 1.93 bits per heavy atom. The van der Waals surface area contributed by atoms with Gasteiger partial charge in [0.2, 0.25) is 0 Å². The van der Waals surface area contributed by atoms with Crippen LogP contribution in [0.15, 0.2) is 83.9 Å². The quantitative estimate of drug-likeness (QED) is 0.211. The van der Waals surface area contributed by atoms with Crippen molar-refractivity contribution >= 4 is 28.5 Å². The number of hydrogen-bond acceptors (Lipinski definition) is 7. The van der Waals surface area contributed by atoms with Crippen LogP contribution >= 0.6 is 0 Å². The van der Waals surface area contributed by atoms with E-state index in [1.54, 1.807) is 59.8 Å². The van der Waals surface area contributed by atoms with E-state index in [4.69, 9.17) is 9.26 Å². The van der Waals surface area contributed by atoms with Gasteiger partial charge in [-0.2, -0.15) is 10.2 Å². The lowest BCUT2D eigenvalue weighted by molar-refractivity contribution is 0.262. The molecule has 0 spiro atoms. The number of ether oxygens (including phenoxy) is 1. The second-order valence-electron chi connectivity index (χ2n) is 9.26. The maximum atomic E-state index is 14.9. The fourth-order valence-corrected chi connectivity index (χ4v) is 4.05. The van der Waals surface area contributed by atoms with Gasteiger partial charge in [-0.05, 0) is 42.3 Å². The number of benzene rings is 2. The van der Waals surface area contributed by atoms with Crippen LogP contribution in [-0.2, 0) is 0 Å². The Balaban J connectivity index is 1.18. The molecule has 6 aromatic rings. The lowest BCUT2D eigenvalue weighted by atomic mass is 10.1. The van der Waals surface area contributed by atoms with Gasteiger partial charge in [0, 0.05) is 41.5 Å². The number of aromatic nitrogens is 6. The van der Waals surface area contributed by atoms with Crippen molar-refractivity contribution in [2.45, 2.75) is 19.8 Å². The van der Waals surface area contributed by atoms with Gasteiger partial charge in [-0.1, -0.05) is 19.0 Å². The van der Waals surface area contributed by atoms with Crippen LogP contribution in [0.25, 0.3) is 27.9 Å². The van der Waals surface area contributed by atoms with E-state index in [0.29, 0.717) is 28.5 Å². The predicted octanol–water partition coefficient (Wildman–Crippen LogP) is 6.50. The SMILES string of the molecule is CC(C)c1cc(NC(=O)Nc2ccc(Oc3ccnc(-c4cn[nH]c4)c3)cc2F)n(-c2ccc3oncc3c2)n1. The number of carbonyl (C=O) groups is 1. The van der Waals surface area contributed by atoms with Crippen LogP contribution in [0, 0.1) is 5.82 Å². The predicted molar refractivity (Wildman–Crippen MR) is 146 cm³/mol. The molecule has 4 aromatic heterocycles. The normalized spacial score (nSPS) is 11.2. The molecule has 0 unspecified atom stereocenters. The summed E-state index contributed by atoms with van der Waals surface area (Å²) in [5, 5.41) is 21.2. The number of amides is 2. The number of H-pyrrole nitrogens is 1. The molecule has 40 heavy (non-hydrogen) atoms. The molecular formula is C28H23FN8O3. The summed E-state index contributed by atoms with van der Waals surface area (Å²) in [5.74, 6) is 0.610. The molecule has 0 radical (unpaired) electrons. The number of nitrogens with zero attached hydrogens (tertiary/aromatic N) is 5. The van der Waals surface area contributed by atoms with Crippen molar-refractivity contribution in [1.29, 1.82) is 0 Å². The van der Waals surface area contributed by atoms with E-state index in [1.165, 1.54) is 12.1 Å². The Bertz CT molecular complexity index is 1810. The molecule has 0 fully saturated rings. The van der Waals surface area contributed by atoms with Gasteiger partial charge in [-0.25, -0.2) is 13.9 Å². The highest BCUT2D eigenvalue weighted by molar-refractivity contribution is 5.99. The van der Waals surface area contributed by atoms with Crippen molar-refractivity contribution < 1.29 is 18.4 Å². The standard InChI is InChI=1S/C28H23FN8O3/c1-16(2)24-12-27(37(36-24)19-3-6-26-17(9-19)15-33-40-26)35-28(38)34-23-5-4-20(10-22(23)29)39-21-7-8-30-25(11-21)18-13-31-32-14-18/h3-16H,1-2H3,(H,31,32)(H2,34,35,38). The highest BCUT2D eigenvalue weighted by atomic mass is 19.1. The number of hydrogen-bond donors (Lipinski definition) is 3. The monoisotopic (exact) mass is 538 g/mol. The minimum Gasteiger partial charge on any atom is -0.457 e. The lowest BCUT2D eigenvalue weighted by Gasteiger charge is -2.12. The maximum Gasteiger partial charge on any atom is 0.324 e. The zero-order valence-corrected chi connectivity index (χ0v) is 21.4. The Kier molecular flexibility index (Phi) is 6.40. The maximum absolute atomic E-state index is 14.9. The summed E-state index contributed by atoms with van der Waals surface area (Å²) in [5.41, 5.74) is 3.56. The van der Waals surface area contributed by atoms with Crippen LogP contribution in [0.5, 0.6) is 11.5 Å². The highest BCUT2D eigenvalue weighted by Crippen LogP contribution is 2.29. The van der Waals surface area contributed by atoms with E-state index in [-0.39, 0.29) is 17.4 Å². The van der Waals surface area contributed by atoms with Gasteiger partial charge in [-0.3, -0.25) is 15.4 Å². The summed E-state index contributed by atoms with van der Waals surface area (Å²) in [7, 11) is 0. The Morgan fingerprint density at radius 3 is 2.73 bits per heavy atom. The van der Waals surface area contributed by atoms with E-state index >= 15 is 0 Å². The number of anilines is 2. The van der Waals surface area contributed by atoms with E-state index in [1.807, 2.05) is 26.0 Å². The van der Waals surface area contributed by atoms with Gasteiger partial charge in [0.1, 0.15) is 23.1 Å². The molecule has 0 aliphatic rings. The molecule has 4 heterocycles. The molecule has 0 aliphatic heterocycles. The van der Waals surface area contributed by atoms with E-state index in [9.17, 15) is 9.18 Å². The van der Waals surface area contributed by atoms with Gasteiger partial charge in [-0.15, -0.1) is 0 Å². The minimum atomic E-state index is -0.661. The molecule has 3 N–H and O–H groups in total. The molecule has 0 bridgehead atoms. The summed E-state index contributed by atoms with van der Waals surface area (Å²) in [4.78, 5) is 17.2. The zero-order valence-electron chi connectivity index (χ0n) is 21.4. The first-order chi connectivity index (χ1) is 19.4. The number of halogens is 1. The topological polar surface area (TPSA) is 136 Å². The Hall–Kier alpha value is -5.52. The van der Waals surface area contributed by atoms with Crippen LogP contribution < -0.4 is 15.4 Å². The first-order valence-electron chi connectivity index (χ1n) is 12.4. The molecule has 0 atom stereocenters. The van der Waals surface area contributed by atoms with Gasteiger partial charge in [0.05, 0.1) is 35.2 Å². The van der Waals surface area contributed by atoms with E-state index < -0.39 is 11.8 Å². The fraction of sp³-hybridized carbons (Fsp3) is 0.107. The molecule has 2 amide bonds. The average molecular weight is 539 g/mol. The summed E-state index contributed by atoms with van der Waals surface area (Å²) < 4.78 is 27.5. The molecule has 2 aromatic carbocycles. The van der Waals surface area contributed by atoms with Crippen LogP contribution in [0.1, 0.15) is 25.5 Å². The molecule has 200 valence electrons. The summed E-state index contributed by atoms with van der Waals surface area (Å²) in [6.45, 7) is 4.01. The number of carbonyl (C=O) groups excluding carboxylic acids is 1. The minimum absolute atomic E-state index is 0.0142. The first kappa shape index (κ1) is 24.8. The van der Waals surface area contributed by atoms with Crippen molar-refractivity contribution in [3.63, 3.8) is 0 Å². The second kappa shape index (κ2) is 10.3. The van der Waals surface area contributed by atoms with Crippen molar-refractivity contribution in [2.24, 2.45) is 0 Å². The molecule has 0 saturated carbocycles. The average Bonchev–Trinajstić information content (AvgIpc) is 3.71. The van der Waals surface area contributed by atoms with E-state index in [2.05, 4.69) is 36.1 Å².